The van der Waals surface area contributed by atoms with Gasteiger partial charge in [-0.1, -0.05) is 31.0 Å². The second kappa shape index (κ2) is 8.46. The monoisotopic (exact) mass is 340 g/mol. The normalized spacial score (nSPS) is 14.3. The zero-order valence-corrected chi connectivity index (χ0v) is 14.5. The summed E-state index contributed by atoms with van der Waals surface area (Å²) in [6, 6.07) is 11.7. The molecule has 0 spiro atoms. The van der Waals surface area contributed by atoms with Crippen LogP contribution in [0.15, 0.2) is 36.4 Å². The Labute approximate surface area is 148 Å². The molecular formula is C19H24N4O2. The Bertz CT molecular complexity index is 697. The number of hydrogen-bond acceptors (Lipinski definition) is 5. The van der Waals surface area contributed by atoms with Crippen LogP contribution in [0.1, 0.15) is 41.7 Å². The molecule has 6 heteroatoms. The summed E-state index contributed by atoms with van der Waals surface area (Å²) in [5.74, 6) is 1.40. The van der Waals surface area contributed by atoms with Crippen molar-refractivity contribution in [3.8, 4) is 5.75 Å². The molecule has 0 atom stereocenters. The molecule has 0 aliphatic heterocycles. The van der Waals surface area contributed by atoms with Crippen LogP contribution in [0.2, 0.25) is 0 Å². The van der Waals surface area contributed by atoms with Crippen LogP contribution in [0.3, 0.4) is 0 Å². The molecule has 0 radical (unpaired) electrons. The van der Waals surface area contributed by atoms with Crippen molar-refractivity contribution >= 4 is 11.7 Å². The first-order valence-corrected chi connectivity index (χ1v) is 8.76. The summed E-state index contributed by atoms with van der Waals surface area (Å²) in [5.41, 5.74) is 1.50. The van der Waals surface area contributed by atoms with Gasteiger partial charge in [0, 0.05) is 12.6 Å². The van der Waals surface area contributed by atoms with Crippen LogP contribution >= 0.6 is 0 Å². The third-order valence-electron chi connectivity index (χ3n) is 4.48. The highest BCUT2D eigenvalue weighted by Crippen LogP contribution is 2.19. The quantitative estimate of drug-likeness (QED) is 0.810. The second-order valence-electron chi connectivity index (χ2n) is 6.25. The van der Waals surface area contributed by atoms with E-state index in [9.17, 15) is 4.79 Å². The summed E-state index contributed by atoms with van der Waals surface area (Å²) >= 11 is 0. The average molecular weight is 340 g/mol. The van der Waals surface area contributed by atoms with Crippen LogP contribution < -0.4 is 15.4 Å². The first-order chi connectivity index (χ1) is 12.3. The van der Waals surface area contributed by atoms with E-state index in [0.717, 1.165) is 30.6 Å². The summed E-state index contributed by atoms with van der Waals surface area (Å²) in [4.78, 5) is 12.1. The Kier molecular flexibility index (Phi) is 5.82. The highest BCUT2D eigenvalue weighted by molar-refractivity contribution is 5.92. The van der Waals surface area contributed by atoms with Gasteiger partial charge >= 0.3 is 0 Å². The van der Waals surface area contributed by atoms with Crippen molar-refractivity contribution in [3.05, 3.63) is 47.7 Å². The fraction of sp³-hybridized carbons (Fsp3) is 0.421. The van der Waals surface area contributed by atoms with Gasteiger partial charge in [0.15, 0.2) is 5.69 Å². The first kappa shape index (κ1) is 17.2. The molecule has 1 aliphatic carbocycles. The van der Waals surface area contributed by atoms with Crippen LogP contribution in [0, 0.1) is 0 Å². The number of benzene rings is 1. The highest BCUT2D eigenvalue weighted by Gasteiger charge is 2.18. The van der Waals surface area contributed by atoms with Gasteiger partial charge in [0.2, 0.25) is 0 Å². The summed E-state index contributed by atoms with van der Waals surface area (Å²) in [5, 5.41) is 14.4. The van der Waals surface area contributed by atoms with Gasteiger partial charge in [-0.15, -0.1) is 10.2 Å². The number of amides is 1. The predicted molar refractivity (Wildman–Crippen MR) is 96.9 cm³/mol. The minimum absolute atomic E-state index is 0.139. The molecule has 0 saturated heterocycles. The molecule has 1 aliphatic rings. The molecule has 0 unspecified atom stereocenters. The number of nitrogens with one attached hydrogen (secondary N) is 2. The standard InChI is InChI=1S/C19H24N4O2/c1-25-17-9-5-2-6-14(17)12-13-20-18-11-10-16(22-23-18)19(24)21-15-7-3-4-8-15/h2,5-6,9-11,15H,3-4,7-8,12-13H2,1H3,(H,20,23)(H,21,24). The summed E-state index contributed by atoms with van der Waals surface area (Å²) in [7, 11) is 1.67. The minimum Gasteiger partial charge on any atom is -0.496 e. The lowest BCUT2D eigenvalue weighted by molar-refractivity contribution is 0.0932. The van der Waals surface area contributed by atoms with Crippen LogP contribution in [0.25, 0.3) is 0 Å². The average Bonchev–Trinajstić information content (AvgIpc) is 3.15. The Morgan fingerprint density at radius 2 is 1.96 bits per heavy atom. The second-order valence-corrected chi connectivity index (χ2v) is 6.25. The van der Waals surface area contributed by atoms with E-state index in [-0.39, 0.29) is 11.9 Å². The van der Waals surface area contributed by atoms with E-state index in [4.69, 9.17) is 4.74 Å². The fourth-order valence-corrected chi connectivity index (χ4v) is 3.11. The molecule has 132 valence electrons. The van der Waals surface area contributed by atoms with Gasteiger partial charge < -0.3 is 15.4 Å². The number of aromatic nitrogens is 2. The van der Waals surface area contributed by atoms with Crippen molar-refractivity contribution in [1.82, 2.24) is 15.5 Å². The molecule has 1 heterocycles. The van der Waals surface area contributed by atoms with Gasteiger partial charge in [-0.3, -0.25) is 4.79 Å². The zero-order chi connectivity index (χ0) is 17.5. The number of hydrogen-bond donors (Lipinski definition) is 2. The maximum Gasteiger partial charge on any atom is 0.272 e. The Morgan fingerprint density at radius 3 is 2.68 bits per heavy atom. The molecule has 1 aromatic carbocycles. The maximum absolute atomic E-state index is 12.1. The van der Waals surface area contributed by atoms with Crippen molar-refractivity contribution < 1.29 is 9.53 Å². The molecule has 1 fully saturated rings. The number of methoxy groups -OCH3 is 1. The van der Waals surface area contributed by atoms with E-state index in [1.807, 2.05) is 24.3 Å². The molecular weight excluding hydrogens is 316 g/mol. The van der Waals surface area contributed by atoms with Gasteiger partial charge in [-0.05, 0) is 43.0 Å². The molecule has 0 bridgehead atoms. The van der Waals surface area contributed by atoms with E-state index >= 15 is 0 Å². The molecule has 2 N–H and O–H groups in total. The number of nitrogens with zero attached hydrogens (tertiary/aromatic N) is 2. The summed E-state index contributed by atoms with van der Waals surface area (Å²) in [6.45, 7) is 0.711. The minimum atomic E-state index is -0.139. The third kappa shape index (κ3) is 4.68. The van der Waals surface area contributed by atoms with Crippen LogP contribution in [0.4, 0.5) is 5.82 Å². The van der Waals surface area contributed by atoms with Crippen LogP contribution in [0.5, 0.6) is 5.75 Å². The molecule has 3 rings (SSSR count). The lowest BCUT2D eigenvalue weighted by Gasteiger charge is -2.11. The largest absolute Gasteiger partial charge is 0.496 e. The lowest BCUT2D eigenvalue weighted by Crippen LogP contribution is -2.33. The lowest BCUT2D eigenvalue weighted by atomic mass is 10.1. The molecule has 25 heavy (non-hydrogen) atoms. The zero-order valence-electron chi connectivity index (χ0n) is 14.5. The summed E-state index contributed by atoms with van der Waals surface area (Å²) in [6.07, 6.45) is 5.30. The van der Waals surface area contributed by atoms with Crippen molar-refractivity contribution in [2.24, 2.45) is 0 Å². The Morgan fingerprint density at radius 1 is 1.16 bits per heavy atom. The molecule has 1 amide bonds. The van der Waals surface area contributed by atoms with E-state index in [1.165, 1.54) is 12.8 Å². The van der Waals surface area contributed by atoms with E-state index in [0.29, 0.717) is 18.1 Å². The number of anilines is 1. The summed E-state index contributed by atoms with van der Waals surface area (Å²) < 4.78 is 5.34. The van der Waals surface area contributed by atoms with Gasteiger partial charge in [0.1, 0.15) is 11.6 Å². The molecule has 1 saturated carbocycles. The van der Waals surface area contributed by atoms with Crippen molar-refractivity contribution in [2.45, 2.75) is 38.1 Å². The van der Waals surface area contributed by atoms with Gasteiger partial charge in [0.05, 0.1) is 7.11 Å². The third-order valence-corrected chi connectivity index (χ3v) is 4.48. The van der Waals surface area contributed by atoms with E-state index in [2.05, 4.69) is 20.8 Å². The smallest absolute Gasteiger partial charge is 0.272 e. The van der Waals surface area contributed by atoms with Crippen molar-refractivity contribution in [1.29, 1.82) is 0 Å². The number of carbonyl (C=O) groups excluding carboxylic acids is 1. The fourth-order valence-electron chi connectivity index (χ4n) is 3.11. The molecule has 2 aromatic rings. The number of rotatable bonds is 7. The molecule has 6 nitrogen and oxygen atoms in total. The Balaban J connectivity index is 1.49. The van der Waals surface area contributed by atoms with E-state index < -0.39 is 0 Å². The highest BCUT2D eigenvalue weighted by atomic mass is 16.5. The topological polar surface area (TPSA) is 76.1 Å². The number of carbonyl (C=O) groups is 1. The van der Waals surface area contributed by atoms with Gasteiger partial charge in [-0.25, -0.2) is 0 Å². The van der Waals surface area contributed by atoms with Crippen LogP contribution in [-0.2, 0) is 6.42 Å². The Hall–Kier alpha value is -2.63. The van der Waals surface area contributed by atoms with Gasteiger partial charge in [-0.2, -0.15) is 0 Å². The maximum atomic E-state index is 12.1. The number of para-hydroxylation sites is 1. The molecule has 1 aromatic heterocycles. The van der Waals surface area contributed by atoms with E-state index in [1.54, 1.807) is 19.2 Å². The first-order valence-electron chi connectivity index (χ1n) is 8.76. The van der Waals surface area contributed by atoms with Gasteiger partial charge in [0.25, 0.3) is 5.91 Å². The number of ether oxygens (including phenoxy) is 1. The van der Waals surface area contributed by atoms with Crippen molar-refractivity contribution in [3.63, 3.8) is 0 Å². The van der Waals surface area contributed by atoms with Crippen molar-refractivity contribution in [2.75, 3.05) is 19.0 Å². The van der Waals surface area contributed by atoms with Crippen LogP contribution in [-0.4, -0.2) is 35.8 Å². The predicted octanol–water partition coefficient (Wildman–Crippen LogP) is 2.81. The SMILES string of the molecule is COc1ccccc1CCNc1ccc(C(=O)NC2CCCC2)nn1.